The zero-order valence-corrected chi connectivity index (χ0v) is 11.8. The summed E-state index contributed by atoms with van der Waals surface area (Å²) in [5.74, 6) is 0. The highest BCUT2D eigenvalue weighted by Gasteiger charge is 2.13. The fourth-order valence-electron chi connectivity index (χ4n) is 2.69. The topological polar surface area (TPSA) is 40.7 Å². The van der Waals surface area contributed by atoms with Crippen molar-refractivity contribution in [2.75, 3.05) is 0 Å². The standard InChI is InChI=1S/C17H19N3/c1-12(15-10-18-19-11-15)20-13(2)16-9-5-7-14-6-3-4-8-17(14)16/h3-13,20H,1-2H3,(H,18,19). The average molecular weight is 265 g/mol. The molecule has 3 heteroatoms. The van der Waals surface area contributed by atoms with Crippen LogP contribution in [0, 0.1) is 0 Å². The SMILES string of the molecule is CC(NC(C)c1cccc2ccccc12)c1cn[nH]c1. The van der Waals surface area contributed by atoms with Crippen LogP contribution in [0.2, 0.25) is 0 Å². The molecule has 3 aromatic rings. The molecule has 2 aromatic carbocycles. The molecule has 20 heavy (non-hydrogen) atoms. The van der Waals surface area contributed by atoms with Crippen LogP contribution in [0.5, 0.6) is 0 Å². The molecule has 0 saturated heterocycles. The van der Waals surface area contributed by atoms with Crippen molar-refractivity contribution < 1.29 is 0 Å². The lowest BCUT2D eigenvalue weighted by Crippen LogP contribution is -2.22. The van der Waals surface area contributed by atoms with Gasteiger partial charge in [-0.15, -0.1) is 0 Å². The number of hydrogen-bond donors (Lipinski definition) is 2. The molecule has 0 aliphatic rings. The third-order valence-electron chi connectivity index (χ3n) is 3.81. The van der Waals surface area contributed by atoms with Gasteiger partial charge in [0, 0.05) is 23.8 Å². The summed E-state index contributed by atoms with van der Waals surface area (Å²) in [6.45, 7) is 4.37. The Hall–Kier alpha value is -2.13. The summed E-state index contributed by atoms with van der Waals surface area (Å²) in [5.41, 5.74) is 2.51. The minimum Gasteiger partial charge on any atom is -0.304 e. The van der Waals surface area contributed by atoms with Crippen LogP contribution >= 0.6 is 0 Å². The van der Waals surface area contributed by atoms with E-state index in [1.807, 2.05) is 12.4 Å². The summed E-state index contributed by atoms with van der Waals surface area (Å²) in [6, 6.07) is 15.5. The van der Waals surface area contributed by atoms with Crippen LogP contribution in [0.3, 0.4) is 0 Å². The molecule has 0 bridgehead atoms. The van der Waals surface area contributed by atoms with E-state index in [2.05, 4.69) is 71.8 Å². The molecule has 2 N–H and O–H groups in total. The highest BCUT2D eigenvalue weighted by Crippen LogP contribution is 2.26. The number of aromatic nitrogens is 2. The Morgan fingerprint density at radius 3 is 2.60 bits per heavy atom. The normalized spacial score (nSPS) is 14.3. The maximum atomic E-state index is 4.01. The summed E-state index contributed by atoms with van der Waals surface area (Å²) in [4.78, 5) is 0. The first-order valence-electron chi connectivity index (χ1n) is 6.98. The second-order valence-corrected chi connectivity index (χ2v) is 5.21. The zero-order valence-electron chi connectivity index (χ0n) is 11.8. The van der Waals surface area contributed by atoms with Gasteiger partial charge in [-0.25, -0.2) is 0 Å². The number of nitrogens with zero attached hydrogens (tertiary/aromatic N) is 1. The largest absolute Gasteiger partial charge is 0.304 e. The van der Waals surface area contributed by atoms with Crippen LogP contribution in [0.4, 0.5) is 0 Å². The van der Waals surface area contributed by atoms with Crippen LogP contribution in [-0.2, 0) is 0 Å². The molecule has 0 aliphatic carbocycles. The number of fused-ring (bicyclic) bond motifs is 1. The van der Waals surface area contributed by atoms with Gasteiger partial charge in [-0.3, -0.25) is 5.10 Å². The molecule has 3 rings (SSSR count). The molecule has 0 amide bonds. The molecule has 3 nitrogen and oxygen atoms in total. The van der Waals surface area contributed by atoms with Crippen LogP contribution in [0.25, 0.3) is 10.8 Å². The number of benzene rings is 2. The Kier molecular flexibility index (Phi) is 3.52. The second kappa shape index (κ2) is 5.47. The first-order valence-corrected chi connectivity index (χ1v) is 6.98. The van der Waals surface area contributed by atoms with Gasteiger partial charge >= 0.3 is 0 Å². The van der Waals surface area contributed by atoms with E-state index in [-0.39, 0.29) is 12.1 Å². The van der Waals surface area contributed by atoms with Crippen LogP contribution in [-0.4, -0.2) is 10.2 Å². The van der Waals surface area contributed by atoms with Gasteiger partial charge in [0.25, 0.3) is 0 Å². The number of aromatic amines is 1. The Morgan fingerprint density at radius 2 is 1.80 bits per heavy atom. The second-order valence-electron chi connectivity index (χ2n) is 5.21. The monoisotopic (exact) mass is 265 g/mol. The van der Waals surface area contributed by atoms with Crippen molar-refractivity contribution in [1.29, 1.82) is 0 Å². The van der Waals surface area contributed by atoms with Gasteiger partial charge in [0.2, 0.25) is 0 Å². The van der Waals surface area contributed by atoms with E-state index < -0.39 is 0 Å². The maximum absolute atomic E-state index is 4.01. The highest BCUT2D eigenvalue weighted by atomic mass is 15.1. The molecule has 1 aromatic heterocycles. The van der Waals surface area contributed by atoms with E-state index in [0.717, 1.165) is 0 Å². The van der Waals surface area contributed by atoms with Crippen molar-refractivity contribution in [3.8, 4) is 0 Å². The van der Waals surface area contributed by atoms with Gasteiger partial charge in [-0.1, -0.05) is 42.5 Å². The van der Waals surface area contributed by atoms with Gasteiger partial charge in [-0.2, -0.15) is 5.10 Å². The summed E-state index contributed by atoms with van der Waals surface area (Å²) in [5, 5.41) is 13.1. The quantitative estimate of drug-likeness (QED) is 0.749. The highest BCUT2D eigenvalue weighted by molar-refractivity contribution is 5.86. The van der Waals surface area contributed by atoms with Crippen molar-refractivity contribution in [1.82, 2.24) is 15.5 Å². The molecule has 2 atom stereocenters. The van der Waals surface area contributed by atoms with Crippen molar-refractivity contribution in [2.24, 2.45) is 0 Å². The van der Waals surface area contributed by atoms with E-state index in [0.29, 0.717) is 0 Å². The minimum atomic E-state index is 0.266. The van der Waals surface area contributed by atoms with Crippen LogP contribution < -0.4 is 5.32 Å². The van der Waals surface area contributed by atoms with Crippen molar-refractivity contribution in [3.05, 3.63) is 66.0 Å². The number of hydrogen-bond acceptors (Lipinski definition) is 2. The summed E-state index contributed by atoms with van der Waals surface area (Å²) >= 11 is 0. The summed E-state index contributed by atoms with van der Waals surface area (Å²) < 4.78 is 0. The number of H-pyrrole nitrogens is 1. The average Bonchev–Trinajstić information content (AvgIpc) is 3.01. The van der Waals surface area contributed by atoms with Gasteiger partial charge in [0.15, 0.2) is 0 Å². The van der Waals surface area contributed by atoms with Gasteiger partial charge in [0.05, 0.1) is 6.20 Å². The van der Waals surface area contributed by atoms with E-state index >= 15 is 0 Å². The lowest BCUT2D eigenvalue weighted by Gasteiger charge is -2.21. The molecular weight excluding hydrogens is 246 g/mol. The third-order valence-corrected chi connectivity index (χ3v) is 3.81. The van der Waals surface area contributed by atoms with E-state index in [4.69, 9.17) is 0 Å². The zero-order chi connectivity index (χ0) is 13.9. The lowest BCUT2D eigenvalue weighted by atomic mass is 9.99. The first-order chi connectivity index (χ1) is 9.75. The van der Waals surface area contributed by atoms with Crippen LogP contribution in [0.15, 0.2) is 54.9 Å². The minimum absolute atomic E-state index is 0.266. The first kappa shape index (κ1) is 12.9. The molecule has 2 unspecified atom stereocenters. The van der Waals surface area contributed by atoms with Crippen molar-refractivity contribution >= 4 is 10.8 Å². The summed E-state index contributed by atoms with van der Waals surface area (Å²) in [6.07, 6.45) is 3.81. The molecular formula is C17H19N3. The molecule has 102 valence electrons. The third kappa shape index (κ3) is 2.45. The molecule has 1 heterocycles. The van der Waals surface area contributed by atoms with E-state index in [1.54, 1.807) is 0 Å². The van der Waals surface area contributed by atoms with E-state index in [9.17, 15) is 0 Å². The molecule has 0 saturated carbocycles. The number of rotatable bonds is 4. The number of nitrogens with one attached hydrogen (secondary N) is 2. The molecule has 0 fully saturated rings. The fourth-order valence-corrected chi connectivity index (χ4v) is 2.69. The molecule has 0 aliphatic heterocycles. The van der Waals surface area contributed by atoms with Crippen molar-refractivity contribution in [2.45, 2.75) is 25.9 Å². The Labute approximate surface area is 119 Å². The lowest BCUT2D eigenvalue weighted by molar-refractivity contribution is 0.497. The van der Waals surface area contributed by atoms with Gasteiger partial charge in [-0.05, 0) is 30.2 Å². The van der Waals surface area contributed by atoms with Crippen molar-refractivity contribution in [3.63, 3.8) is 0 Å². The Balaban J connectivity index is 1.87. The predicted octanol–water partition coefficient (Wildman–Crippen LogP) is 3.97. The Morgan fingerprint density at radius 1 is 1.00 bits per heavy atom. The van der Waals surface area contributed by atoms with Crippen LogP contribution in [0.1, 0.15) is 37.1 Å². The van der Waals surface area contributed by atoms with Gasteiger partial charge in [0.1, 0.15) is 0 Å². The summed E-state index contributed by atoms with van der Waals surface area (Å²) in [7, 11) is 0. The van der Waals surface area contributed by atoms with E-state index in [1.165, 1.54) is 21.9 Å². The molecule has 0 spiro atoms. The smallest absolute Gasteiger partial charge is 0.0534 e. The van der Waals surface area contributed by atoms with Gasteiger partial charge < -0.3 is 5.32 Å². The fraction of sp³-hybridized carbons (Fsp3) is 0.235. The predicted molar refractivity (Wildman–Crippen MR) is 82.5 cm³/mol. The molecule has 0 radical (unpaired) electrons. The maximum Gasteiger partial charge on any atom is 0.0534 e. The Bertz CT molecular complexity index is 683.